The van der Waals surface area contributed by atoms with Gasteiger partial charge in [0.1, 0.15) is 17.6 Å². The Kier molecular flexibility index (Phi) is 12.9. The molecule has 0 saturated carbocycles. The minimum Gasteiger partial charge on any atom is -0.394 e. The highest BCUT2D eigenvalue weighted by Gasteiger charge is 2.64. The van der Waals surface area contributed by atoms with E-state index in [1.54, 1.807) is 30.3 Å². The number of benzene rings is 1. The van der Waals surface area contributed by atoms with Gasteiger partial charge in [-0.05, 0) is 42.7 Å². The number of nitrogens with one attached hydrogen (secondary N) is 2. The second-order valence-electron chi connectivity index (χ2n) is 13.6. The first-order chi connectivity index (χ1) is 28.8. The number of aliphatic hydroxyl groups excluding tert-OH is 1. The summed E-state index contributed by atoms with van der Waals surface area (Å²) in [5.41, 5.74) is -1.81. The van der Waals surface area contributed by atoms with Gasteiger partial charge in [0.25, 0.3) is 11.5 Å². The van der Waals surface area contributed by atoms with Crippen LogP contribution in [-0.4, -0.2) is 117 Å². The second kappa shape index (κ2) is 17.8. The Bertz CT molecular complexity index is 2630. The van der Waals surface area contributed by atoms with Gasteiger partial charge in [-0.2, -0.15) is 10.5 Å². The normalized spacial score (nSPS) is 27.3. The van der Waals surface area contributed by atoms with E-state index in [4.69, 9.17) is 51.9 Å². The van der Waals surface area contributed by atoms with Gasteiger partial charge in [0.05, 0.1) is 82.2 Å². The average Bonchev–Trinajstić information content (AvgIpc) is 4.01. The van der Waals surface area contributed by atoms with Crippen molar-refractivity contribution in [3.05, 3.63) is 71.6 Å². The summed E-state index contributed by atoms with van der Waals surface area (Å²) in [5, 5.41) is 29.5. The molecule has 1 aromatic carbocycles. The van der Waals surface area contributed by atoms with Crippen LogP contribution in [0, 0.1) is 22.7 Å². The van der Waals surface area contributed by atoms with Crippen LogP contribution < -0.4 is 10.9 Å². The lowest BCUT2D eigenvalue weighted by atomic mass is 10.0. The zero-order valence-electron chi connectivity index (χ0n) is 31.2. The second-order valence-corrected chi connectivity index (χ2v) is 21.1. The lowest BCUT2D eigenvalue weighted by Gasteiger charge is -2.38. The number of H-pyrrole nitrogens is 1. The Labute approximate surface area is 348 Å². The fourth-order valence-electron chi connectivity index (χ4n) is 6.95. The molecule has 10 atom stereocenters. The first-order valence-electron chi connectivity index (χ1n) is 18.0. The fraction of sp³-hybridized carbons (Fsp3) is 0.441. The van der Waals surface area contributed by atoms with Crippen LogP contribution in [0.2, 0.25) is 0 Å². The van der Waals surface area contributed by atoms with E-state index >= 15 is 8.78 Å². The van der Waals surface area contributed by atoms with Crippen LogP contribution in [0.15, 0.2) is 60.4 Å². The summed E-state index contributed by atoms with van der Waals surface area (Å²) in [4.78, 5) is 60.3. The van der Waals surface area contributed by atoms with Gasteiger partial charge in [0.2, 0.25) is 0 Å². The number of nitriles is 2. The van der Waals surface area contributed by atoms with E-state index < -0.39 is 85.5 Å². The van der Waals surface area contributed by atoms with Crippen molar-refractivity contribution in [1.82, 2.24) is 39.0 Å². The van der Waals surface area contributed by atoms with E-state index in [2.05, 4.69) is 35.2 Å². The van der Waals surface area contributed by atoms with Gasteiger partial charge >= 0.3 is 0 Å². The summed E-state index contributed by atoms with van der Waals surface area (Å²) in [6, 6.07) is 12.1. The summed E-state index contributed by atoms with van der Waals surface area (Å²) in [5.74, 6) is -0.490. The molecule has 6 unspecified atom stereocenters. The van der Waals surface area contributed by atoms with Gasteiger partial charge in [-0.1, -0.05) is 18.2 Å². The van der Waals surface area contributed by atoms with Crippen LogP contribution >= 0.6 is 13.0 Å². The quantitative estimate of drug-likeness (QED) is 0.0817. The number of carbonyl (C=O) groups is 1. The third-order valence-corrected chi connectivity index (χ3v) is 17.7. The first kappa shape index (κ1) is 43.5. The molecule has 26 heteroatoms. The molecule has 0 aliphatic carbocycles. The zero-order chi connectivity index (χ0) is 42.8. The number of aromatic nitrogens is 8. The lowest BCUT2D eigenvalue weighted by Crippen LogP contribution is -2.45. The third kappa shape index (κ3) is 7.90. The minimum absolute atomic E-state index is 0.00791. The van der Waals surface area contributed by atoms with E-state index in [1.165, 1.54) is 22.4 Å². The Morgan fingerprint density at radius 2 is 1.65 bits per heavy atom. The number of imidazole rings is 2. The van der Waals surface area contributed by atoms with Gasteiger partial charge in [0.15, 0.2) is 65.9 Å². The number of hydrogen-bond donors (Lipinski definition) is 4. The number of ether oxygens (including phenoxy) is 2. The molecule has 20 nitrogen and oxygen atoms in total. The average molecular weight is 906 g/mol. The van der Waals surface area contributed by atoms with Crippen LogP contribution in [-0.2, 0) is 46.7 Å². The van der Waals surface area contributed by atoms with Crippen molar-refractivity contribution in [3.8, 4) is 12.1 Å². The molecule has 0 spiro atoms. The number of hydrogen-bond acceptors (Lipinski definition) is 17. The highest BCUT2D eigenvalue weighted by Crippen LogP contribution is 2.67. The Balaban J connectivity index is 1.22. The number of rotatable bonds is 16. The van der Waals surface area contributed by atoms with Crippen LogP contribution in [0.1, 0.15) is 42.6 Å². The van der Waals surface area contributed by atoms with Crippen molar-refractivity contribution in [1.29, 1.82) is 10.5 Å². The topological polar surface area (TPSA) is 270 Å². The van der Waals surface area contributed by atoms with Gasteiger partial charge in [-0.15, -0.1) is 0 Å². The van der Waals surface area contributed by atoms with E-state index in [9.17, 15) is 24.9 Å². The number of nitrogens with zero attached hydrogens (tertiary/aromatic N) is 9. The Morgan fingerprint density at radius 1 is 0.983 bits per heavy atom. The van der Waals surface area contributed by atoms with Crippen molar-refractivity contribution in [2.24, 2.45) is 0 Å². The molecule has 7 rings (SSSR count). The summed E-state index contributed by atoms with van der Waals surface area (Å²) in [7, 11) is 0. The van der Waals surface area contributed by atoms with Crippen molar-refractivity contribution in [2.75, 3.05) is 31.7 Å². The molecule has 5 aromatic rings. The molecular formula is C34H35F2N11O9P2S2. The predicted molar refractivity (Wildman–Crippen MR) is 214 cm³/mol. The monoisotopic (exact) mass is 905 g/mol. The molecule has 6 heterocycles. The van der Waals surface area contributed by atoms with Crippen molar-refractivity contribution in [2.45, 2.75) is 67.6 Å². The Hall–Kier alpha value is -4.55. The number of carbonyl (C=O) groups excluding carboxylic acids is 1. The molecule has 2 saturated heterocycles. The number of aromatic amines is 1. The molecule has 0 bridgehead atoms. The smallest absolute Gasteiger partial charge is 0.278 e. The molecular weight excluding hydrogens is 871 g/mol. The standard InChI is InChI=1S/C34H35F2N11O9P2S2/c1-34(58(51,60)53-12-6-10-38)21(56-33(26(34)36)47-17-43-23-27(39-15-40-28(23)47)45-30(49)19-7-3-2-4-8-19)14-54-57(59,52-11-5-9-37)25-20(13-48)55-32(22(25)35)46-18-44-24-29(46)41-16-42-31(24)50/h2-4,7-8,15-18,20-22,25-26,32-33,48H,5-6,11-14H2,1H3,(H,51,60)(H,41,42,50)(H,39,40,45,49)/t20?,21?,22-,25-,26+,32?,33?,34+,57?,58?/m1/s1. The van der Waals surface area contributed by atoms with Gasteiger partial charge < -0.3 is 43.3 Å². The maximum absolute atomic E-state index is 17.3. The van der Waals surface area contributed by atoms with Crippen molar-refractivity contribution < 1.29 is 46.6 Å². The van der Waals surface area contributed by atoms with Crippen LogP contribution in [0.25, 0.3) is 22.3 Å². The van der Waals surface area contributed by atoms with E-state index in [0.717, 1.165) is 19.0 Å². The highest BCUT2D eigenvalue weighted by molar-refractivity contribution is 8.10. The van der Waals surface area contributed by atoms with E-state index in [1.807, 2.05) is 12.1 Å². The molecule has 4 aromatic heterocycles. The predicted octanol–water partition coefficient (Wildman–Crippen LogP) is 3.29. The Morgan fingerprint density at radius 3 is 2.35 bits per heavy atom. The molecule has 2 aliphatic rings. The summed E-state index contributed by atoms with van der Waals surface area (Å²) in [6.45, 7) is -9.25. The van der Waals surface area contributed by atoms with Gasteiger partial charge in [0, 0.05) is 5.56 Å². The summed E-state index contributed by atoms with van der Waals surface area (Å²) < 4.78 is 66.6. The van der Waals surface area contributed by atoms with E-state index in [-0.39, 0.29) is 54.2 Å². The van der Waals surface area contributed by atoms with E-state index in [0.29, 0.717) is 5.56 Å². The van der Waals surface area contributed by atoms with Crippen molar-refractivity contribution >= 4 is 70.6 Å². The third-order valence-electron chi connectivity index (χ3n) is 10.1. The van der Waals surface area contributed by atoms with Gasteiger partial charge in [-0.25, -0.2) is 33.7 Å². The van der Waals surface area contributed by atoms with Crippen molar-refractivity contribution in [3.63, 3.8) is 0 Å². The lowest BCUT2D eigenvalue weighted by molar-refractivity contribution is -0.0372. The van der Waals surface area contributed by atoms with Gasteiger partial charge in [-0.3, -0.25) is 18.7 Å². The minimum atomic E-state index is -4.30. The zero-order valence-corrected chi connectivity index (χ0v) is 34.6. The molecule has 1 amide bonds. The summed E-state index contributed by atoms with van der Waals surface area (Å²) in [6.07, 6.45) is -6.13. The largest absolute Gasteiger partial charge is 0.394 e. The van der Waals surface area contributed by atoms with Crippen LogP contribution in [0.5, 0.6) is 0 Å². The molecule has 2 fully saturated rings. The molecule has 4 N–H and O–H groups in total. The van der Waals surface area contributed by atoms with Crippen LogP contribution in [0.4, 0.5) is 14.6 Å². The number of amides is 1. The number of anilines is 1. The molecule has 0 radical (unpaired) electrons. The molecule has 2 aliphatic heterocycles. The SMILES string of the molecule is C[C@]1(P(O)(=S)OCCC#N)C(COP(=S)(OCCC#N)[C@@H]2C(CO)OC(n3cnc4c(=O)[nH]cnc43)[C@@H]2F)OC(n2cnc3c(NC(=O)c4ccccc4)ncnc32)[C@@H]1F. The highest BCUT2D eigenvalue weighted by atomic mass is 32.5. The number of alkyl halides is 2. The molecule has 316 valence electrons. The maximum atomic E-state index is 17.3. The van der Waals surface area contributed by atoms with Crippen LogP contribution in [0.3, 0.4) is 0 Å². The molecule has 60 heavy (non-hydrogen) atoms. The number of halogens is 2. The fourth-order valence-corrected chi connectivity index (χ4v) is 12.7. The maximum Gasteiger partial charge on any atom is 0.278 e. The first-order valence-corrected chi connectivity index (χ1v) is 23.4. The summed E-state index contributed by atoms with van der Waals surface area (Å²) >= 11 is 11.5. The number of fused-ring (bicyclic) bond motifs is 2. The number of aliphatic hydroxyl groups is 1.